The van der Waals surface area contributed by atoms with Gasteiger partial charge in [-0.2, -0.15) is 0 Å². The van der Waals surface area contributed by atoms with E-state index in [1.807, 2.05) is 30.3 Å². The number of rotatable bonds is 7. The summed E-state index contributed by atoms with van der Waals surface area (Å²) in [5.41, 5.74) is 2.12. The van der Waals surface area contributed by atoms with E-state index in [2.05, 4.69) is 60.0 Å². The van der Waals surface area contributed by atoms with Crippen LogP contribution in [0.4, 0.5) is 0 Å². The Labute approximate surface area is 172 Å². The molecule has 1 aliphatic rings. The van der Waals surface area contributed by atoms with Gasteiger partial charge in [-0.3, -0.25) is 4.79 Å². The van der Waals surface area contributed by atoms with Gasteiger partial charge in [0.1, 0.15) is 0 Å². The van der Waals surface area contributed by atoms with Gasteiger partial charge < -0.3 is 15.7 Å². The molecule has 0 aromatic heterocycles. The lowest BCUT2D eigenvalue weighted by Crippen LogP contribution is -2.48. The zero-order chi connectivity index (χ0) is 20.2. The number of carbonyl (C=O) groups is 1. The number of aliphatic hydroxyl groups is 1. The molecule has 2 atom stereocenters. The molecule has 4 rings (SSSR count). The van der Waals surface area contributed by atoms with Crippen LogP contribution in [0.25, 0.3) is 10.8 Å². The van der Waals surface area contributed by atoms with Gasteiger partial charge >= 0.3 is 0 Å². The Morgan fingerprint density at radius 2 is 1.69 bits per heavy atom. The van der Waals surface area contributed by atoms with Crippen molar-refractivity contribution in [3.05, 3.63) is 83.9 Å². The smallest absolute Gasteiger partial charge is 0.223 e. The van der Waals surface area contributed by atoms with Crippen LogP contribution in [0.5, 0.6) is 0 Å². The molecular formula is C25H28N2O2. The Morgan fingerprint density at radius 1 is 1.00 bits per heavy atom. The number of aliphatic hydroxyl groups excluding tert-OH is 1. The fourth-order valence-electron chi connectivity index (χ4n) is 4.17. The van der Waals surface area contributed by atoms with E-state index in [0.717, 1.165) is 18.4 Å². The van der Waals surface area contributed by atoms with Crippen LogP contribution in [-0.2, 0) is 4.79 Å². The van der Waals surface area contributed by atoms with Crippen LogP contribution < -0.4 is 10.6 Å². The molecule has 0 bridgehead atoms. The van der Waals surface area contributed by atoms with Crippen molar-refractivity contribution in [2.75, 3.05) is 6.54 Å². The highest BCUT2D eigenvalue weighted by atomic mass is 16.3. The summed E-state index contributed by atoms with van der Waals surface area (Å²) in [6, 6.07) is 24.9. The van der Waals surface area contributed by atoms with E-state index in [0.29, 0.717) is 6.04 Å². The van der Waals surface area contributed by atoms with Gasteiger partial charge in [0, 0.05) is 24.5 Å². The summed E-state index contributed by atoms with van der Waals surface area (Å²) >= 11 is 0. The molecule has 1 unspecified atom stereocenters. The van der Waals surface area contributed by atoms with Crippen molar-refractivity contribution in [1.29, 1.82) is 0 Å². The highest BCUT2D eigenvalue weighted by Gasteiger charge is 2.35. The van der Waals surface area contributed by atoms with Crippen molar-refractivity contribution >= 4 is 16.7 Å². The van der Waals surface area contributed by atoms with Gasteiger partial charge in [-0.05, 0) is 41.7 Å². The number of hydrogen-bond acceptors (Lipinski definition) is 3. The minimum absolute atomic E-state index is 0.0233. The van der Waals surface area contributed by atoms with Crippen LogP contribution in [-0.4, -0.2) is 23.6 Å². The molecule has 150 valence electrons. The maximum atomic E-state index is 12.4. The lowest BCUT2D eigenvalue weighted by atomic mass is 9.79. The van der Waals surface area contributed by atoms with Crippen LogP contribution in [0.1, 0.15) is 43.0 Å². The standard InChI is InChI=1S/C25H28N2O2/c1-17(22-13-7-11-18-8-5-6-12-23(18)22)27-21-14-20(15-21)25(29)26-16-24(28)19-9-3-2-4-10-19/h2-13,17,20-21,24,27-28H,14-16H2,1H3,(H,26,29)/t17-,20?,21?,24?/m1/s1. The molecule has 1 amide bonds. The Hall–Kier alpha value is -2.69. The Kier molecular flexibility index (Phi) is 5.93. The van der Waals surface area contributed by atoms with E-state index < -0.39 is 6.10 Å². The molecule has 29 heavy (non-hydrogen) atoms. The summed E-state index contributed by atoms with van der Waals surface area (Å²) < 4.78 is 0. The first kappa shape index (κ1) is 19.6. The van der Waals surface area contributed by atoms with E-state index in [1.54, 1.807) is 0 Å². The van der Waals surface area contributed by atoms with Crippen molar-refractivity contribution in [2.45, 2.75) is 38.0 Å². The maximum Gasteiger partial charge on any atom is 0.223 e. The summed E-state index contributed by atoms with van der Waals surface area (Å²) in [5, 5.41) is 19.3. The number of nitrogens with one attached hydrogen (secondary N) is 2. The first-order valence-electron chi connectivity index (χ1n) is 10.4. The maximum absolute atomic E-state index is 12.4. The van der Waals surface area contributed by atoms with Crippen LogP contribution in [0.2, 0.25) is 0 Å². The van der Waals surface area contributed by atoms with Gasteiger partial charge in [0.2, 0.25) is 5.91 Å². The molecule has 1 fully saturated rings. The minimum atomic E-state index is -0.666. The van der Waals surface area contributed by atoms with E-state index in [-0.39, 0.29) is 24.4 Å². The summed E-state index contributed by atoms with van der Waals surface area (Å²) in [6.07, 6.45) is 1.01. The summed E-state index contributed by atoms with van der Waals surface area (Å²) in [6.45, 7) is 2.44. The third-order valence-corrected chi connectivity index (χ3v) is 5.94. The quantitative estimate of drug-likeness (QED) is 0.571. The summed E-state index contributed by atoms with van der Waals surface area (Å²) in [7, 11) is 0. The van der Waals surface area contributed by atoms with Gasteiger partial charge in [-0.1, -0.05) is 72.8 Å². The lowest BCUT2D eigenvalue weighted by molar-refractivity contribution is -0.128. The molecule has 4 heteroatoms. The van der Waals surface area contributed by atoms with Crippen molar-refractivity contribution in [2.24, 2.45) is 5.92 Å². The molecular weight excluding hydrogens is 360 g/mol. The fraction of sp³-hybridized carbons (Fsp3) is 0.320. The molecule has 3 aromatic carbocycles. The van der Waals surface area contributed by atoms with Crippen molar-refractivity contribution < 1.29 is 9.90 Å². The molecule has 1 aliphatic carbocycles. The molecule has 4 nitrogen and oxygen atoms in total. The molecule has 3 aromatic rings. The minimum Gasteiger partial charge on any atom is -0.387 e. The third kappa shape index (κ3) is 4.50. The molecule has 0 spiro atoms. The Morgan fingerprint density at radius 3 is 2.48 bits per heavy atom. The van der Waals surface area contributed by atoms with Crippen LogP contribution in [0.15, 0.2) is 72.8 Å². The third-order valence-electron chi connectivity index (χ3n) is 5.94. The van der Waals surface area contributed by atoms with Crippen LogP contribution >= 0.6 is 0 Å². The summed E-state index contributed by atoms with van der Waals surface area (Å²) in [5.74, 6) is 0.0611. The first-order valence-corrected chi connectivity index (χ1v) is 10.4. The topological polar surface area (TPSA) is 61.4 Å². The highest BCUT2D eigenvalue weighted by molar-refractivity contribution is 5.86. The molecule has 1 saturated carbocycles. The molecule has 0 heterocycles. The Balaban J connectivity index is 1.26. The van der Waals surface area contributed by atoms with Gasteiger partial charge in [0.15, 0.2) is 0 Å². The lowest BCUT2D eigenvalue weighted by Gasteiger charge is -2.37. The number of hydrogen-bond donors (Lipinski definition) is 3. The van der Waals surface area contributed by atoms with E-state index in [1.165, 1.54) is 16.3 Å². The predicted molar refractivity (Wildman–Crippen MR) is 116 cm³/mol. The van der Waals surface area contributed by atoms with E-state index in [4.69, 9.17) is 0 Å². The van der Waals surface area contributed by atoms with Gasteiger partial charge in [0.05, 0.1) is 6.10 Å². The highest BCUT2D eigenvalue weighted by Crippen LogP contribution is 2.31. The average Bonchev–Trinajstić information content (AvgIpc) is 2.74. The zero-order valence-electron chi connectivity index (χ0n) is 16.7. The number of fused-ring (bicyclic) bond motifs is 1. The molecule has 3 N–H and O–H groups in total. The van der Waals surface area contributed by atoms with E-state index in [9.17, 15) is 9.90 Å². The molecule has 0 aliphatic heterocycles. The molecule has 0 saturated heterocycles. The Bertz CT molecular complexity index is 961. The zero-order valence-corrected chi connectivity index (χ0v) is 16.7. The normalized spacial score (nSPS) is 20.6. The fourth-order valence-corrected chi connectivity index (χ4v) is 4.17. The van der Waals surface area contributed by atoms with Crippen LogP contribution in [0, 0.1) is 5.92 Å². The van der Waals surface area contributed by atoms with Crippen molar-refractivity contribution in [3.63, 3.8) is 0 Å². The second-order valence-corrected chi connectivity index (χ2v) is 7.99. The average molecular weight is 389 g/mol. The van der Waals surface area contributed by atoms with Crippen molar-refractivity contribution in [3.8, 4) is 0 Å². The van der Waals surface area contributed by atoms with Gasteiger partial charge in [0.25, 0.3) is 0 Å². The second-order valence-electron chi connectivity index (χ2n) is 7.99. The number of carbonyl (C=O) groups excluding carboxylic acids is 1. The summed E-state index contributed by atoms with van der Waals surface area (Å²) in [4.78, 5) is 12.4. The number of amides is 1. The predicted octanol–water partition coefficient (Wildman–Crippen LogP) is 4.12. The molecule has 0 radical (unpaired) electrons. The van der Waals surface area contributed by atoms with Gasteiger partial charge in [-0.25, -0.2) is 0 Å². The second kappa shape index (κ2) is 8.76. The first-order chi connectivity index (χ1) is 14.1. The number of benzene rings is 3. The largest absolute Gasteiger partial charge is 0.387 e. The van der Waals surface area contributed by atoms with Crippen molar-refractivity contribution in [1.82, 2.24) is 10.6 Å². The SMILES string of the molecule is C[C@@H](NC1CC(C(=O)NCC(O)c2ccccc2)C1)c1cccc2ccccc12. The monoisotopic (exact) mass is 388 g/mol. The van der Waals surface area contributed by atoms with Crippen LogP contribution in [0.3, 0.4) is 0 Å². The van der Waals surface area contributed by atoms with Gasteiger partial charge in [-0.15, -0.1) is 0 Å². The van der Waals surface area contributed by atoms with E-state index >= 15 is 0 Å².